The van der Waals surface area contributed by atoms with E-state index in [0.29, 0.717) is 24.6 Å². The highest BCUT2D eigenvalue weighted by molar-refractivity contribution is 5.79. The lowest BCUT2D eigenvalue weighted by Gasteiger charge is -2.18. The summed E-state index contributed by atoms with van der Waals surface area (Å²) in [6.45, 7) is 2.31. The van der Waals surface area contributed by atoms with Crippen LogP contribution in [-0.4, -0.2) is 43.4 Å². The van der Waals surface area contributed by atoms with E-state index in [-0.39, 0.29) is 18.4 Å². The number of alkyl halides is 2. The Morgan fingerprint density at radius 1 is 1.00 bits per heavy atom. The predicted octanol–water partition coefficient (Wildman–Crippen LogP) is 3.34. The molecule has 0 spiro atoms. The normalized spacial score (nSPS) is 13.7. The smallest absolute Gasteiger partial charge is 0.387 e. The minimum atomic E-state index is -2.88. The van der Waals surface area contributed by atoms with Crippen LogP contribution in [-0.2, 0) is 0 Å². The Morgan fingerprint density at radius 2 is 1.66 bits per heavy atom. The molecule has 2 aromatic carbocycles. The van der Waals surface area contributed by atoms with Gasteiger partial charge in [-0.05, 0) is 43.7 Å². The van der Waals surface area contributed by atoms with Gasteiger partial charge in [-0.15, -0.1) is 0 Å². The SMILES string of the molecule is CCNC(=NCC(O)c1ccc(OC(F)F)cc1)NCC(C)Oc1ccccc1. The number of para-hydroxylation sites is 1. The molecule has 2 unspecified atom stereocenters. The minimum Gasteiger partial charge on any atom is -0.489 e. The Labute approximate surface area is 169 Å². The van der Waals surface area contributed by atoms with Crippen molar-refractivity contribution < 1.29 is 23.4 Å². The molecule has 158 valence electrons. The van der Waals surface area contributed by atoms with Crippen molar-refractivity contribution in [2.24, 2.45) is 4.99 Å². The second-order valence-corrected chi connectivity index (χ2v) is 6.31. The van der Waals surface area contributed by atoms with Gasteiger partial charge in [-0.2, -0.15) is 8.78 Å². The van der Waals surface area contributed by atoms with Crippen molar-refractivity contribution in [3.63, 3.8) is 0 Å². The van der Waals surface area contributed by atoms with Gasteiger partial charge in [0.25, 0.3) is 0 Å². The van der Waals surface area contributed by atoms with Crippen molar-refractivity contribution >= 4 is 5.96 Å². The van der Waals surface area contributed by atoms with Gasteiger partial charge < -0.3 is 25.2 Å². The number of aliphatic imine (C=N–C) groups is 1. The van der Waals surface area contributed by atoms with Gasteiger partial charge in [-0.25, -0.2) is 0 Å². The van der Waals surface area contributed by atoms with Crippen LogP contribution in [0.1, 0.15) is 25.5 Å². The summed E-state index contributed by atoms with van der Waals surface area (Å²) in [5.74, 6) is 1.38. The molecule has 2 atom stereocenters. The molecule has 0 aliphatic heterocycles. The summed E-state index contributed by atoms with van der Waals surface area (Å²) in [6.07, 6.45) is -0.961. The average Bonchev–Trinajstić information content (AvgIpc) is 2.70. The summed E-state index contributed by atoms with van der Waals surface area (Å²) in [5, 5.41) is 16.6. The fourth-order valence-corrected chi connectivity index (χ4v) is 2.51. The van der Waals surface area contributed by atoms with Crippen LogP contribution in [0.4, 0.5) is 8.78 Å². The molecule has 0 saturated carbocycles. The Morgan fingerprint density at radius 3 is 2.28 bits per heavy atom. The number of nitrogens with zero attached hydrogens (tertiary/aromatic N) is 1. The van der Waals surface area contributed by atoms with E-state index in [9.17, 15) is 13.9 Å². The second-order valence-electron chi connectivity index (χ2n) is 6.31. The van der Waals surface area contributed by atoms with Crippen LogP contribution in [0.5, 0.6) is 11.5 Å². The standard InChI is InChI=1S/C21H27F2N3O3/c1-3-24-21(25-13-15(2)28-17-7-5-4-6-8-17)26-14-19(27)16-9-11-18(12-10-16)29-20(22)23/h4-12,15,19-20,27H,3,13-14H2,1-2H3,(H2,24,25,26). The molecule has 2 rings (SSSR count). The molecule has 0 aliphatic carbocycles. The molecule has 2 aromatic rings. The molecular formula is C21H27F2N3O3. The van der Waals surface area contributed by atoms with E-state index < -0.39 is 12.7 Å². The predicted molar refractivity (Wildman–Crippen MR) is 109 cm³/mol. The van der Waals surface area contributed by atoms with E-state index in [0.717, 1.165) is 5.75 Å². The Bertz CT molecular complexity index is 743. The van der Waals surface area contributed by atoms with E-state index in [1.54, 1.807) is 0 Å². The summed E-state index contributed by atoms with van der Waals surface area (Å²) in [6, 6.07) is 15.4. The number of hydrogen-bond acceptors (Lipinski definition) is 4. The van der Waals surface area contributed by atoms with Crippen LogP contribution in [0.15, 0.2) is 59.6 Å². The number of aliphatic hydroxyl groups excluding tert-OH is 1. The summed E-state index contributed by atoms with van der Waals surface area (Å²) < 4.78 is 34.5. The number of nitrogens with one attached hydrogen (secondary N) is 2. The molecule has 0 aromatic heterocycles. The number of hydrogen-bond donors (Lipinski definition) is 3. The number of benzene rings is 2. The largest absolute Gasteiger partial charge is 0.489 e. The van der Waals surface area contributed by atoms with Crippen LogP contribution in [0.3, 0.4) is 0 Å². The minimum absolute atomic E-state index is 0.0434. The van der Waals surface area contributed by atoms with Crippen molar-refractivity contribution in [2.45, 2.75) is 32.7 Å². The molecule has 0 amide bonds. The van der Waals surface area contributed by atoms with Gasteiger partial charge in [0.1, 0.15) is 17.6 Å². The molecule has 29 heavy (non-hydrogen) atoms. The van der Waals surface area contributed by atoms with Crippen molar-refractivity contribution in [1.29, 1.82) is 0 Å². The van der Waals surface area contributed by atoms with E-state index in [1.807, 2.05) is 44.2 Å². The van der Waals surface area contributed by atoms with Gasteiger partial charge in [0.2, 0.25) is 0 Å². The van der Waals surface area contributed by atoms with Gasteiger partial charge in [0.15, 0.2) is 5.96 Å². The second kappa shape index (κ2) is 11.9. The molecule has 0 heterocycles. The maximum atomic E-state index is 12.2. The lowest BCUT2D eigenvalue weighted by Crippen LogP contribution is -2.42. The first kappa shape index (κ1) is 22.4. The fourth-order valence-electron chi connectivity index (χ4n) is 2.51. The summed E-state index contributed by atoms with van der Waals surface area (Å²) in [7, 11) is 0. The van der Waals surface area contributed by atoms with Gasteiger partial charge >= 0.3 is 6.61 Å². The molecular weight excluding hydrogens is 380 g/mol. The third-order valence-electron chi connectivity index (χ3n) is 3.89. The molecule has 0 radical (unpaired) electrons. The first-order chi connectivity index (χ1) is 14.0. The summed E-state index contributed by atoms with van der Waals surface area (Å²) in [4.78, 5) is 4.38. The van der Waals surface area contributed by atoms with Gasteiger partial charge in [-0.1, -0.05) is 30.3 Å². The molecule has 8 heteroatoms. The highest BCUT2D eigenvalue weighted by atomic mass is 19.3. The quantitative estimate of drug-likeness (QED) is 0.416. The first-order valence-electron chi connectivity index (χ1n) is 9.44. The average molecular weight is 407 g/mol. The van der Waals surface area contributed by atoms with Crippen LogP contribution in [0, 0.1) is 0 Å². The van der Waals surface area contributed by atoms with E-state index in [2.05, 4.69) is 20.4 Å². The van der Waals surface area contributed by atoms with Crippen molar-refractivity contribution in [3.05, 3.63) is 60.2 Å². The first-order valence-corrected chi connectivity index (χ1v) is 9.44. The lowest BCUT2D eigenvalue weighted by molar-refractivity contribution is -0.0498. The monoisotopic (exact) mass is 407 g/mol. The zero-order valence-corrected chi connectivity index (χ0v) is 16.5. The summed E-state index contributed by atoms with van der Waals surface area (Å²) in [5.41, 5.74) is 0.562. The van der Waals surface area contributed by atoms with E-state index >= 15 is 0 Å². The van der Waals surface area contributed by atoms with Crippen LogP contribution in [0.25, 0.3) is 0 Å². The number of halogens is 2. The highest BCUT2D eigenvalue weighted by Crippen LogP contribution is 2.19. The van der Waals surface area contributed by atoms with Gasteiger partial charge in [-0.3, -0.25) is 4.99 Å². The number of aliphatic hydroxyl groups is 1. The topological polar surface area (TPSA) is 75.1 Å². The molecule has 0 fully saturated rings. The van der Waals surface area contributed by atoms with E-state index in [4.69, 9.17) is 4.74 Å². The highest BCUT2D eigenvalue weighted by Gasteiger charge is 2.10. The third-order valence-corrected chi connectivity index (χ3v) is 3.89. The Balaban J connectivity index is 1.86. The van der Waals surface area contributed by atoms with E-state index in [1.165, 1.54) is 24.3 Å². The number of guanidine groups is 1. The Kier molecular flexibility index (Phi) is 9.17. The van der Waals surface area contributed by atoms with Crippen LogP contribution < -0.4 is 20.1 Å². The maximum absolute atomic E-state index is 12.2. The molecule has 6 nitrogen and oxygen atoms in total. The number of rotatable bonds is 10. The molecule has 0 bridgehead atoms. The maximum Gasteiger partial charge on any atom is 0.387 e. The van der Waals surface area contributed by atoms with Crippen molar-refractivity contribution in [1.82, 2.24) is 10.6 Å². The molecule has 3 N–H and O–H groups in total. The molecule has 0 aliphatic rings. The van der Waals surface area contributed by atoms with Crippen molar-refractivity contribution in [3.8, 4) is 11.5 Å². The molecule has 0 saturated heterocycles. The lowest BCUT2D eigenvalue weighted by atomic mass is 10.1. The van der Waals surface area contributed by atoms with Gasteiger partial charge in [0.05, 0.1) is 19.2 Å². The third kappa shape index (κ3) is 8.35. The zero-order valence-electron chi connectivity index (χ0n) is 16.5. The van der Waals surface area contributed by atoms with Crippen molar-refractivity contribution in [2.75, 3.05) is 19.6 Å². The summed E-state index contributed by atoms with van der Waals surface area (Å²) >= 11 is 0. The number of ether oxygens (including phenoxy) is 2. The van der Waals surface area contributed by atoms with Crippen LogP contribution >= 0.6 is 0 Å². The Hall–Kier alpha value is -2.87. The van der Waals surface area contributed by atoms with Crippen LogP contribution in [0.2, 0.25) is 0 Å². The van der Waals surface area contributed by atoms with Gasteiger partial charge in [0, 0.05) is 6.54 Å². The zero-order chi connectivity index (χ0) is 21.1. The fraction of sp³-hybridized carbons (Fsp3) is 0.381.